The van der Waals surface area contributed by atoms with Crippen LogP contribution in [0.25, 0.3) is 22.4 Å². The molecule has 0 saturated carbocycles. The monoisotopic (exact) mass is 369 g/mol. The lowest BCUT2D eigenvalue weighted by Gasteiger charge is -2.34. The van der Waals surface area contributed by atoms with Crippen LogP contribution in [0.5, 0.6) is 0 Å². The first-order valence-electron chi connectivity index (χ1n) is 8.73. The zero-order chi connectivity index (χ0) is 19.0. The molecule has 0 radical (unpaired) electrons. The highest BCUT2D eigenvalue weighted by Gasteiger charge is 2.23. The highest BCUT2D eigenvalue weighted by Crippen LogP contribution is 2.28. The van der Waals surface area contributed by atoms with Crippen LogP contribution in [0.1, 0.15) is 0 Å². The van der Waals surface area contributed by atoms with E-state index >= 15 is 0 Å². The molecule has 0 aliphatic carbocycles. The molecule has 1 aromatic carbocycles. The number of aromatic nitrogens is 3. The minimum absolute atomic E-state index is 0.331. The molecule has 1 aliphatic rings. The molecule has 7 nitrogen and oxygen atoms in total. The molecule has 0 N–H and O–H groups in total. The normalized spacial score (nSPS) is 14.6. The second-order valence-electron chi connectivity index (χ2n) is 6.45. The number of rotatable bonds is 2. The minimum atomic E-state index is -0.412. The second-order valence-corrected chi connectivity index (χ2v) is 6.45. The number of ether oxygens (including phenoxy) is 1. The molecule has 0 atom stereocenters. The summed E-state index contributed by atoms with van der Waals surface area (Å²) < 4.78 is 21.2. The van der Waals surface area contributed by atoms with Crippen molar-refractivity contribution in [3.05, 3.63) is 42.3 Å². The fraction of sp³-hybridized carbons (Fsp3) is 0.316. The van der Waals surface area contributed by atoms with Crippen LogP contribution in [0, 0.1) is 5.82 Å². The lowest BCUT2D eigenvalue weighted by atomic mass is 10.2. The van der Waals surface area contributed by atoms with Gasteiger partial charge in [0.15, 0.2) is 5.82 Å². The van der Waals surface area contributed by atoms with Crippen molar-refractivity contribution in [3.8, 4) is 11.4 Å². The number of imidazole rings is 1. The van der Waals surface area contributed by atoms with Crippen LogP contribution in [-0.2, 0) is 11.8 Å². The van der Waals surface area contributed by atoms with Crippen molar-refractivity contribution in [3.63, 3.8) is 0 Å². The van der Waals surface area contributed by atoms with Gasteiger partial charge in [0.25, 0.3) is 0 Å². The van der Waals surface area contributed by atoms with Gasteiger partial charge in [0.05, 0.1) is 29.9 Å². The molecule has 0 bridgehead atoms. The lowest BCUT2D eigenvalue weighted by Crippen LogP contribution is -2.49. The first-order chi connectivity index (χ1) is 13.1. The average Bonchev–Trinajstić information content (AvgIpc) is 3.04. The number of hydrogen-bond donors (Lipinski definition) is 0. The zero-order valence-electron chi connectivity index (χ0n) is 15.2. The number of para-hydroxylation sites is 2. The van der Waals surface area contributed by atoms with E-state index in [1.807, 2.05) is 40.8 Å². The van der Waals surface area contributed by atoms with E-state index in [-0.39, 0.29) is 6.09 Å². The van der Waals surface area contributed by atoms with Crippen molar-refractivity contribution in [2.75, 3.05) is 38.2 Å². The Hall–Kier alpha value is -3.16. The summed E-state index contributed by atoms with van der Waals surface area (Å²) in [5, 5.41) is 0. The van der Waals surface area contributed by atoms with Gasteiger partial charge < -0.3 is 19.1 Å². The Bertz CT molecular complexity index is 995. The largest absolute Gasteiger partial charge is 0.453 e. The predicted octanol–water partition coefficient (Wildman–Crippen LogP) is 2.66. The maximum atomic E-state index is 14.5. The van der Waals surface area contributed by atoms with E-state index in [4.69, 9.17) is 4.74 Å². The number of amides is 1. The van der Waals surface area contributed by atoms with Gasteiger partial charge in [-0.25, -0.2) is 19.2 Å². The maximum Gasteiger partial charge on any atom is 0.409 e. The van der Waals surface area contributed by atoms with E-state index in [2.05, 4.69) is 9.97 Å². The van der Waals surface area contributed by atoms with Crippen LogP contribution < -0.4 is 4.90 Å². The number of pyridine rings is 1. The van der Waals surface area contributed by atoms with Crippen molar-refractivity contribution in [2.24, 2.45) is 7.05 Å². The van der Waals surface area contributed by atoms with Gasteiger partial charge in [-0.1, -0.05) is 12.1 Å². The number of anilines is 1. The number of halogens is 1. The van der Waals surface area contributed by atoms with Crippen molar-refractivity contribution >= 4 is 22.9 Å². The molecule has 0 unspecified atom stereocenters. The molecular formula is C19H20FN5O2. The molecule has 1 saturated heterocycles. The van der Waals surface area contributed by atoms with Gasteiger partial charge >= 0.3 is 6.09 Å². The number of fused-ring (bicyclic) bond motifs is 1. The number of aryl methyl sites for hydroxylation is 1. The number of piperazine rings is 1. The fourth-order valence-corrected chi connectivity index (χ4v) is 3.41. The first kappa shape index (κ1) is 17.3. The van der Waals surface area contributed by atoms with Gasteiger partial charge in [0.1, 0.15) is 11.6 Å². The average molecular weight is 369 g/mol. The summed E-state index contributed by atoms with van der Waals surface area (Å²) in [6.07, 6.45) is 0.901. The van der Waals surface area contributed by atoms with Crippen LogP contribution in [0.4, 0.5) is 15.0 Å². The summed E-state index contributed by atoms with van der Waals surface area (Å²) in [5.74, 6) is 0.818. The third-order valence-electron chi connectivity index (χ3n) is 4.91. The Morgan fingerprint density at radius 1 is 1.19 bits per heavy atom. The highest BCUT2D eigenvalue weighted by molar-refractivity contribution is 5.81. The van der Waals surface area contributed by atoms with Gasteiger partial charge in [-0.3, -0.25) is 0 Å². The molecule has 140 valence electrons. The number of nitrogens with zero attached hydrogens (tertiary/aromatic N) is 5. The van der Waals surface area contributed by atoms with Crippen LogP contribution in [-0.4, -0.2) is 58.8 Å². The fourth-order valence-electron chi connectivity index (χ4n) is 3.41. The number of carbonyl (C=O) groups excluding carboxylic acids is 1. The highest BCUT2D eigenvalue weighted by atomic mass is 19.1. The Balaban J connectivity index is 1.64. The third-order valence-corrected chi connectivity index (χ3v) is 4.91. The van der Waals surface area contributed by atoms with E-state index in [9.17, 15) is 9.18 Å². The molecule has 0 spiro atoms. The molecule has 1 fully saturated rings. The molecule has 4 rings (SSSR count). The van der Waals surface area contributed by atoms with Crippen molar-refractivity contribution in [2.45, 2.75) is 0 Å². The van der Waals surface area contributed by atoms with Gasteiger partial charge in [-0.2, -0.15) is 0 Å². The molecule has 3 aromatic rings. The van der Waals surface area contributed by atoms with Gasteiger partial charge in [0.2, 0.25) is 0 Å². The van der Waals surface area contributed by atoms with E-state index in [1.165, 1.54) is 13.3 Å². The summed E-state index contributed by atoms with van der Waals surface area (Å²) in [5.41, 5.74) is 2.17. The molecule has 2 aromatic heterocycles. The molecular weight excluding hydrogens is 349 g/mol. The van der Waals surface area contributed by atoms with Gasteiger partial charge in [-0.15, -0.1) is 0 Å². The molecule has 1 aliphatic heterocycles. The molecule has 27 heavy (non-hydrogen) atoms. The van der Waals surface area contributed by atoms with Crippen molar-refractivity contribution in [1.82, 2.24) is 19.4 Å². The Labute approximate surface area is 156 Å². The van der Waals surface area contributed by atoms with E-state index < -0.39 is 5.82 Å². The lowest BCUT2D eigenvalue weighted by molar-refractivity contribution is 0.121. The van der Waals surface area contributed by atoms with Gasteiger partial charge in [-0.05, 0) is 18.2 Å². The molecule has 1 amide bonds. The zero-order valence-corrected chi connectivity index (χ0v) is 15.2. The minimum Gasteiger partial charge on any atom is -0.453 e. The summed E-state index contributed by atoms with van der Waals surface area (Å²) in [6, 6.07) is 9.43. The summed E-state index contributed by atoms with van der Waals surface area (Å²) >= 11 is 0. The molecule has 8 heteroatoms. The van der Waals surface area contributed by atoms with Crippen molar-refractivity contribution < 1.29 is 13.9 Å². The summed E-state index contributed by atoms with van der Waals surface area (Å²) in [7, 11) is 3.25. The smallest absolute Gasteiger partial charge is 0.409 e. The first-order valence-corrected chi connectivity index (χ1v) is 8.73. The molecule has 3 heterocycles. The second kappa shape index (κ2) is 6.86. The van der Waals surface area contributed by atoms with Crippen molar-refractivity contribution in [1.29, 1.82) is 0 Å². The predicted molar refractivity (Wildman–Crippen MR) is 100 cm³/mol. The number of hydrogen-bond acceptors (Lipinski definition) is 5. The quantitative estimate of drug-likeness (QED) is 0.695. The standard InChI is InChI=1S/C19H20FN5O2/c1-23-16-6-4-3-5-15(16)22-18(23)13-11-17(21-12-14(13)20)24-7-9-25(10-8-24)19(26)27-2/h3-6,11-12H,7-10H2,1-2H3. The number of benzene rings is 1. The van der Waals surface area contributed by atoms with Crippen LogP contribution >= 0.6 is 0 Å². The SMILES string of the molecule is COC(=O)N1CCN(c2cc(-c3nc4ccccc4n3C)c(F)cn2)CC1. The van der Waals surface area contributed by atoms with E-state index in [0.717, 1.165) is 11.0 Å². The number of methoxy groups -OCH3 is 1. The Morgan fingerprint density at radius 3 is 2.63 bits per heavy atom. The van der Waals surface area contributed by atoms with E-state index in [1.54, 1.807) is 11.0 Å². The van der Waals surface area contributed by atoms with Crippen LogP contribution in [0.2, 0.25) is 0 Å². The van der Waals surface area contributed by atoms with E-state index in [0.29, 0.717) is 43.4 Å². The number of carbonyl (C=O) groups is 1. The Kier molecular flexibility index (Phi) is 4.39. The van der Waals surface area contributed by atoms with Gasteiger partial charge in [0, 0.05) is 33.2 Å². The van der Waals surface area contributed by atoms with Crippen LogP contribution in [0.15, 0.2) is 36.5 Å². The topological polar surface area (TPSA) is 63.5 Å². The summed E-state index contributed by atoms with van der Waals surface area (Å²) in [4.78, 5) is 24.1. The Morgan fingerprint density at radius 2 is 1.93 bits per heavy atom. The maximum absolute atomic E-state index is 14.5. The van der Waals surface area contributed by atoms with Crippen LogP contribution in [0.3, 0.4) is 0 Å². The third kappa shape index (κ3) is 3.07. The summed E-state index contributed by atoms with van der Waals surface area (Å²) in [6.45, 7) is 2.28.